The third-order valence-corrected chi connectivity index (χ3v) is 8.08. The van der Waals surface area contributed by atoms with Gasteiger partial charge in [0.05, 0.1) is 22.1 Å². The quantitative estimate of drug-likeness (QED) is 0.179. The number of hydrogen-bond donors (Lipinski definition) is 1. The summed E-state index contributed by atoms with van der Waals surface area (Å²) in [6.45, 7) is 3.05. The van der Waals surface area contributed by atoms with E-state index >= 15 is 0 Å². The summed E-state index contributed by atoms with van der Waals surface area (Å²) in [6.07, 6.45) is -2.81. The second kappa shape index (κ2) is 13.8. The standard InChI is InChI=1S/C29H32ClF4NO4S/c1-20(21-7-10-24(31)11-8-21)18-35(19-23-5-3-6-26(28(23)30)29(32,33)34)14-4-16-39-25-12-9-22(13-15-36)27(17-25)40(2,37)38/h3,5-12,17,20,36H,4,13-16,18-19H2,1-2H3. The van der Waals surface area contributed by atoms with Crippen molar-refractivity contribution in [3.63, 3.8) is 0 Å². The van der Waals surface area contributed by atoms with Crippen molar-refractivity contribution in [2.45, 2.75) is 43.3 Å². The first-order valence-corrected chi connectivity index (χ1v) is 15.0. The summed E-state index contributed by atoms with van der Waals surface area (Å²) in [7, 11) is -3.53. The van der Waals surface area contributed by atoms with Crippen molar-refractivity contribution in [1.29, 1.82) is 0 Å². The summed E-state index contributed by atoms with van der Waals surface area (Å²) in [4.78, 5) is 2.05. The minimum Gasteiger partial charge on any atom is -0.494 e. The fourth-order valence-corrected chi connectivity index (χ4v) is 5.73. The van der Waals surface area contributed by atoms with Gasteiger partial charge in [0.25, 0.3) is 0 Å². The van der Waals surface area contributed by atoms with Crippen molar-refractivity contribution in [3.8, 4) is 5.75 Å². The van der Waals surface area contributed by atoms with Gasteiger partial charge in [0.1, 0.15) is 11.6 Å². The number of aliphatic hydroxyl groups excluding tert-OH is 1. The first-order chi connectivity index (χ1) is 18.8. The topological polar surface area (TPSA) is 66.8 Å². The molecule has 0 heterocycles. The minimum atomic E-state index is -4.58. The number of sulfone groups is 1. The lowest BCUT2D eigenvalue weighted by molar-refractivity contribution is -0.137. The number of hydrogen-bond acceptors (Lipinski definition) is 5. The summed E-state index contributed by atoms with van der Waals surface area (Å²) < 4.78 is 83.8. The molecule has 0 radical (unpaired) electrons. The van der Waals surface area contributed by atoms with Crippen molar-refractivity contribution in [3.05, 3.63) is 93.8 Å². The molecule has 3 aromatic rings. The molecule has 0 saturated heterocycles. The summed E-state index contributed by atoms with van der Waals surface area (Å²) in [6, 6.07) is 14.6. The van der Waals surface area contributed by atoms with Crippen LogP contribution in [0.4, 0.5) is 17.6 Å². The Balaban J connectivity index is 1.74. The maximum atomic E-state index is 13.4. The van der Waals surface area contributed by atoms with Crippen LogP contribution in [-0.4, -0.2) is 51.0 Å². The molecule has 0 bridgehead atoms. The Hall–Kier alpha value is -2.66. The minimum absolute atomic E-state index is 0.0533. The molecule has 11 heteroatoms. The Morgan fingerprint density at radius 2 is 1.75 bits per heavy atom. The smallest absolute Gasteiger partial charge is 0.417 e. The summed E-state index contributed by atoms with van der Waals surface area (Å²) in [5.41, 5.74) is 0.819. The molecule has 0 saturated carbocycles. The van der Waals surface area contributed by atoms with E-state index in [2.05, 4.69) is 0 Å². The molecule has 0 aromatic heterocycles. The fraction of sp³-hybridized carbons (Fsp3) is 0.379. The molecule has 1 N–H and O–H groups in total. The van der Waals surface area contributed by atoms with E-state index in [1.54, 1.807) is 30.3 Å². The van der Waals surface area contributed by atoms with Gasteiger partial charge >= 0.3 is 6.18 Å². The highest BCUT2D eigenvalue weighted by atomic mass is 35.5. The fourth-order valence-electron chi connectivity index (χ4n) is 4.46. The number of alkyl halides is 3. The predicted molar refractivity (Wildman–Crippen MR) is 147 cm³/mol. The van der Waals surface area contributed by atoms with Crippen LogP contribution in [0, 0.1) is 5.82 Å². The van der Waals surface area contributed by atoms with E-state index < -0.39 is 21.6 Å². The summed E-state index contributed by atoms with van der Waals surface area (Å²) in [5, 5.41) is 8.87. The summed E-state index contributed by atoms with van der Waals surface area (Å²) in [5.74, 6) is -0.0547. The molecular formula is C29H32ClF4NO4S. The Morgan fingerprint density at radius 1 is 1.05 bits per heavy atom. The van der Waals surface area contributed by atoms with Crippen LogP contribution in [0.1, 0.15) is 41.5 Å². The van der Waals surface area contributed by atoms with Crippen LogP contribution in [0.3, 0.4) is 0 Å². The van der Waals surface area contributed by atoms with Gasteiger partial charge < -0.3 is 9.84 Å². The number of benzene rings is 3. The Labute approximate surface area is 237 Å². The van der Waals surface area contributed by atoms with E-state index in [1.165, 1.54) is 24.3 Å². The molecule has 0 aliphatic carbocycles. The summed E-state index contributed by atoms with van der Waals surface area (Å²) >= 11 is 6.16. The number of ether oxygens (including phenoxy) is 1. The first-order valence-electron chi connectivity index (χ1n) is 12.7. The number of nitrogens with zero attached hydrogens (tertiary/aromatic N) is 1. The molecule has 40 heavy (non-hydrogen) atoms. The van der Waals surface area contributed by atoms with Crippen LogP contribution in [0.15, 0.2) is 65.6 Å². The SMILES string of the molecule is CC(CN(CCCOc1ccc(CCO)c(S(C)(=O)=O)c1)Cc1cccc(C(F)(F)F)c1Cl)c1ccc(F)cc1. The zero-order valence-corrected chi connectivity index (χ0v) is 23.8. The zero-order chi connectivity index (χ0) is 29.5. The van der Waals surface area contributed by atoms with E-state index in [1.807, 2.05) is 11.8 Å². The van der Waals surface area contributed by atoms with Gasteiger partial charge in [-0.05, 0) is 65.8 Å². The van der Waals surface area contributed by atoms with Crippen LogP contribution in [-0.2, 0) is 29.0 Å². The van der Waals surface area contributed by atoms with Crippen LogP contribution in [0.5, 0.6) is 5.75 Å². The zero-order valence-electron chi connectivity index (χ0n) is 22.2. The molecule has 0 aliphatic heterocycles. The number of halogens is 5. The van der Waals surface area contributed by atoms with E-state index in [0.717, 1.165) is 17.9 Å². The Kier molecular flexibility index (Phi) is 11.0. The highest BCUT2D eigenvalue weighted by Crippen LogP contribution is 2.36. The molecule has 3 aromatic carbocycles. The van der Waals surface area contributed by atoms with Crippen LogP contribution in [0.25, 0.3) is 0 Å². The van der Waals surface area contributed by atoms with E-state index in [9.17, 15) is 31.1 Å². The van der Waals surface area contributed by atoms with Gasteiger partial charge in [0, 0.05) is 32.5 Å². The molecule has 5 nitrogen and oxygen atoms in total. The number of aliphatic hydroxyl groups is 1. The van der Waals surface area contributed by atoms with E-state index in [-0.39, 0.29) is 47.8 Å². The molecule has 1 unspecified atom stereocenters. The van der Waals surface area contributed by atoms with Crippen molar-refractivity contribution >= 4 is 21.4 Å². The monoisotopic (exact) mass is 601 g/mol. The van der Waals surface area contributed by atoms with Gasteiger partial charge in [-0.2, -0.15) is 13.2 Å². The molecular weight excluding hydrogens is 570 g/mol. The highest BCUT2D eigenvalue weighted by Gasteiger charge is 2.34. The van der Waals surface area contributed by atoms with E-state index in [4.69, 9.17) is 16.3 Å². The van der Waals surface area contributed by atoms with Crippen LogP contribution in [0.2, 0.25) is 5.02 Å². The average Bonchev–Trinajstić information content (AvgIpc) is 2.87. The van der Waals surface area contributed by atoms with Gasteiger partial charge in [0.15, 0.2) is 9.84 Å². The first kappa shape index (κ1) is 31.9. The lowest BCUT2D eigenvalue weighted by atomic mass is 10.00. The molecule has 0 spiro atoms. The molecule has 1 atom stereocenters. The highest BCUT2D eigenvalue weighted by molar-refractivity contribution is 7.90. The molecule has 0 fully saturated rings. The Bertz CT molecular complexity index is 1380. The predicted octanol–water partition coefficient (Wildman–Crippen LogP) is 6.51. The molecule has 0 amide bonds. The maximum Gasteiger partial charge on any atom is 0.417 e. The Morgan fingerprint density at radius 3 is 2.38 bits per heavy atom. The average molecular weight is 602 g/mol. The van der Waals surface area contributed by atoms with Crippen molar-refractivity contribution in [2.75, 3.05) is 32.6 Å². The van der Waals surface area contributed by atoms with Crippen LogP contribution < -0.4 is 4.74 Å². The third-order valence-electron chi connectivity index (χ3n) is 6.46. The normalized spacial score (nSPS) is 13.0. The lowest BCUT2D eigenvalue weighted by Gasteiger charge is -2.27. The van der Waals surface area contributed by atoms with Crippen molar-refractivity contribution in [2.24, 2.45) is 0 Å². The van der Waals surface area contributed by atoms with Crippen molar-refractivity contribution in [1.82, 2.24) is 4.90 Å². The van der Waals surface area contributed by atoms with E-state index in [0.29, 0.717) is 36.4 Å². The maximum absolute atomic E-state index is 13.4. The molecule has 0 aliphatic rings. The van der Waals surface area contributed by atoms with Gasteiger partial charge in [-0.1, -0.05) is 48.9 Å². The molecule has 218 valence electrons. The van der Waals surface area contributed by atoms with Gasteiger partial charge in [0.2, 0.25) is 0 Å². The van der Waals surface area contributed by atoms with Crippen molar-refractivity contribution < 1.29 is 35.8 Å². The number of rotatable bonds is 13. The van der Waals surface area contributed by atoms with Crippen LogP contribution >= 0.6 is 11.6 Å². The van der Waals surface area contributed by atoms with Gasteiger partial charge in [-0.15, -0.1) is 0 Å². The molecule has 3 rings (SSSR count). The largest absolute Gasteiger partial charge is 0.494 e. The second-order valence-corrected chi connectivity index (χ2v) is 12.0. The lowest BCUT2D eigenvalue weighted by Crippen LogP contribution is -2.30. The van der Waals surface area contributed by atoms with Gasteiger partial charge in [-0.25, -0.2) is 12.8 Å². The third kappa shape index (κ3) is 8.92. The van der Waals surface area contributed by atoms with Gasteiger partial charge in [-0.3, -0.25) is 4.90 Å². The second-order valence-electron chi connectivity index (χ2n) is 9.68.